The summed E-state index contributed by atoms with van der Waals surface area (Å²) in [4.78, 5) is 2.61. The second-order valence-electron chi connectivity index (χ2n) is 5.58. The number of ether oxygens (including phenoxy) is 1. The Morgan fingerprint density at radius 1 is 1.12 bits per heavy atom. The minimum Gasteiger partial charge on any atom is -0.375 e. The molecule has 102 valence electrons. The Balaban J connectivity index is 2.82. The van der Waals surface area contributed by atoms with E-state index in [2.05, 4.69) is 32.6 Å². The van der Waals surface area contributed by atoms with Crippen molar-refractivity contribution in [1.82, 2.24) is 4.90 Å². The molecule has 0 saturated carbocycles. The lowest BCUT2D eigenvalue weighted by Crippen LogP contribution is -2.60. The first-order valence-corrected chi connectivity index (χ1v) is 7.18. The maximum absolute atomic E-state index is 6.13. The van der Waals surface area contributed by atoms with Gasteiger partial charge in [-0.15, -0.1) is 0 Å². The van der Waals surface area contributed by atoms with Crippen molar-refractivity contribution in [2.75, 3.05) is 19.6 Å². The molecule has 2 unspecified atom stereocenters. The van der Waals surface area contributed by atoms with Crippen LogP contribution < -0.4 is 5.73 Å². The van der Waals surface area contributed by atoms with Crippen LogP contribution in [0.2, 0.25) is 0 Å². The zero-order valence-corrected chi connectivity index (χ0v) is 12.0. The van der Waals surface area contributed by atoms with Crippen LogP contribution in [0.15, 0.2) is 0 Å². The molecular formula is C14H30N2O. The zero-order valence-electron chi connectivity index (χ0n) is 12.0. The van der Waals surface area contributed by atoms with Crippen LogP contribution in [0.4, 0.5) is 0 Å². The van der Waals surface area contributed by atoms with E-state index in [1.807, 2.05) is 0 Å². The summed E-state index contributed by atoms with van der Waals surface area (Å²) in [6, 6.07) is 0. The van der Waals surface area contributed by atoms with Crippen LogP contribution in [0.3, 0.4) is 0 Å². The molecule has 3 heteroatoms. The van der Waals surface area contributed by atoms with E-state index in [4.69, 9.17) is 10.5 Å². The second kappa shape index (κ2) is 6.72. The average Bonchev–Trinajstić information content (AvgIpc) is 2.27. The number of nitrogens with zero attached hydrogens (tertiary/aromatic N) is 1. The van der Waals surface area contributed by atoms with Gasteiger partial charge in [-0.3, -0.25) is 4.90 Å². The Labute approximate surface area is 107 Å². The number of rotatable bonds is 6. The minimum absolute atomic E-state index is 0.170. The van der Waals surface area contributed by atoms with Gasteiger partial charge in [-0.05, 0) is 52.6 Å². The summed E-state index contributed by atoms with van der Waals surface area (Å²) in [5.74, 6) is 0. The number of hydrogen-bond donors (Lipinski definition) is 1. The first-order chi connectivity index (χ1) is 8.07. The third-order valence-corrected chi connectivity index (χ3v) is 3.84. The lowest BCUT2D eigenvalue weighted by Gasteiger charge is -2.49. The molecule has 1 aliphatic heterocycles. The fourth-order valence-electron chi connectivity index (χ4n) is 3.33. The van der Waals surface area contributed by atoms with Gasteiger partial charge in [-0.1, -0.05) is 13.8 Å². The van der Waals surface area contributed by atoms with Gasteiger partial charge in [-0.25, -0.2) is 0 Å². The molecule has 0 bridgehead atoms. The fourth-order valence-corrected chi connectivity index (χ4v) is 3.33. The quantitative estimate of drug-likeness (QED) is 0.777. The third kappa shape index (κ3) is 3.67. The van der Waals surface area contributed by atoms with Crippen LogP contribution in [0.25, 0.3) is 0 Å². The van der Waals surface area contributed by atoms with Crippen molar-refractivity contribution in [2.45, 2.75) is 71.1 Å². The molecule has 17 heavy (non-hydrogen) atoms. The molecule has 2 atom stereocenters. The molecule has 0 amide bonds. The van der Waals surface area contributed by atoms with E-state index in [9.17, 15) is 0 Å². The first kappa shape index (κ1) is 14.9. The monoisotopic (exact) mass is 242 g/mol. The van der Waals surface area contributed by atoms with Gasteiger partial charge < -0.3 is 10.5 Å². The Kier molecular flexibility index (Phi) is 5.90. The smallest absolute Gasteiger partial charge is 0.0568 e. The van der Waals surface area contributed by atoms with Gasteiger partial charge in [-0.2, -0.15) is 0 Å². The average molecular weight is 242 g/mol. The van der Waals surface area contributed by atoms with Crippen molar-refractivity contribution in [3.63, 3.8) is 0 Å². The van der Waals surface area contributed by atoms with Gasteiger partial charge in [0.15, 0.2) is 0 Å². The molecule has 2 N–H and O–H groups in total. The third-order valence-electron chi connectivity index (χ3n) is 3.84. The van der Waals surface area contributed by atoms with Crippen LogP contribution in [0, 0.1) is 0 Å². The van der Waals surface area contributed by atoms with Gasteiger partial charge in [0.2, 0.25) is 0 Å². The fraction of sp³-hybridized carbons (Fsp3) is 1.00. The van der Waals surface area contributed by atoms with Gasteiger partial charge in [0.05, 0.1) is 12.2 Å². The molecule has 0 radical (unpaired) electrons. The molecule has 1 aliphatic rings. The van der Waals surface area contributed by atoms with E-state index in [0.29, 0.717) is 12.2 Å². The van der Waals surface area contributed by atoms with Crippen LogP contribution in [-0.2, 0) is 4.74 Å². The molecule has 1 saturated heterocycles. The summed E-state index contributed by atoms with van der Waals surface area (Å²) >= 11 is 0. The zero-order chi connectivity index (χ0) is 12.9. The van der Waals surface area contributed by atoms with Gasteiger partial charge in [0, 0.05) is 12.1 Å². The molecule has 1 heterocycles. The van der Waals surface area contributed by atoms with Crippen LogP contribution >= 0.6 is 0 Å². The lowest BCUT2D eigenvalue weighted by atomic mass is 9.82. The second-order valence-corrected chi connectivity index (χ2v) is 5.58. The summed E-state index contributed by atoms with van der Waals surface area (Å²) < 4.78 is 5.87. The highest BCUT2D eigenvalue weighted by molar-refractivity contribution is 4.97. The van der Waals surface area contributed by atoms with E-state index in [1.165, 1.54) is 12.8 Å². The number of nitrogens with two attached hydrogens (primary N) is 1. The van der Waals surface area contributed by atoms with Crippen LogP contribution in [-0.4, -0.2) is 42.3 Å². The summed E-state index contributed by atoms with van der Waals surface area (Å²) in [6.45, 7) is 11.9. The Hall–Kier alpha value is -0.120. The largest absolute Gasteiger partial charge is 0.375 e. The van der Waals surface area contributed by atoms with E-state index in [-0.39, 0.29) is 5.54 Å². The van der Waals surface area contributed by atoms with E-state index in [0.717, 1.165) is 32.5 Å². The summed E-state index contributed by atoms with van der Waals surface area (Å²) in [5.41, 5.74) is 6.30. The maximum Gasteiger partial charge on any atom is 0.0568 e. The standard InChI is InChI=1S/C14H30N2O/c1-5-7-16(8-6-2)14(11-15)9-12(3)17-13(4)10-14/h12-13H,5-11,15H2,1-4H3. The highest BCUT2D eigenvalue weighted by atomic mass is 16.5. The van der Waals surface area contributed by atoms with Crippen molar-refractivity contribution in [3.8, 4) is 0 Å². The normalized spacial score (nSPS) is 34.2. The highest BCUT2D eigenvalue weighted by Gasteiger charge is 2.41. The van der Waals surface area contributed by atoms with Crippen LogP contribution in [0.5, 0.6) is 0 Å². The summed E-state index contributed by atoms with van der Waals surface area (Å²) in [7, 11) is 0. The van der Waals surface area contributed by atoms with Crippen molar-refractivity contribution >= 4 is 0 Å². The number of hydrogen-bond acceptors (Lipinski definition) is 3. The topological polar surface area (TPSA) is 38.5 Å². The van der Waals surface area contributed by atoms with Gasteiger partial charge in [0.25, 0.3) is 0 Å². The molecule has 0 aromatic rings. The Bertz CT molecular complexity index is 204. The van der Waals surface area contributed by atoms with E-state index < -0.39 is 0 Å². The van der Waals surface area contributed by atoms with Crippen molar-refractivity contribution in [3.05, 3.63) is 0 Å². The molecular weight excluding hydrogens is 212 g/mol. The molecule has 0 aromatic heterocycles. The molecule has 0 spiro atoms. The predicted molar refractivity (Wildman–Crippen MR) is 73.2 cm³/mol. The molecule has 1 rings (SSSR count). The van der Waals surface area contributed by atoms with Crippen molar-refractivity contribution in [1.29, 1.82) is 0 Å². The Morgan fingerprint density at radius 2 is 1.59 bits per heavy atom. The molecule has 1 fully saturated rings. The summed E-state index contributed by atoms with van der Waals surface area (Å²) in [6.07, 6.45) is 5.22. The van der Waals surface area contributed by atoms with Gasteiger partial charge >= 0.3 is 0 Å². The van der Waals surface area contributed by atoms with Crippen molar-refractivity contribution < 1.29 is 4.74 Å². The highest BCUT2D eigenvalue weighted by Crippen LogP contribution is 2.33. The summed E-state index contributed by atoms with van der Waals surface area (Å²) in [5, 5.41) is 0. The SMILES string of the molecule is CCCN(CCC)C1(CN)CC(C)OC(C)C1. The molecule has 3 nitrogen and oxygen atoms in total. The Morgan fingerprint density at radius 3 is 1.94 bits per heavy atom. The molecule has 0 aromatic carbocycles. The van der Waals surface area contributed by atoms with Crippen molar-refractivity contribution in [2.24, 2.45) is 5.73 Å². The van der Waals surface area contributed by atoms with Gasteiger partial charge in [0.1, 0.15) is 0 Å². The minimum atomic E-state index is 0.170. The van der Waals surface area contributed by atoms with E-state index >= 15 is 0 Å². The lowest BCUT2D eigenvalue weighted by molar-refractivity contribution is -0.103. The van der Waals surface area contributed by atoms with Crippen LogP contribution in [0.1, 0.15) is 53.4 Å². The predicted octanol–water partition coefficient (Wildman–Crippen LogP) is 2.39. The molecule has 0 aliphatic carbocycles. The first-order valence-electron chi connectivity index (χ1n) is 7.18. The van der Waals surface area contributed by atoms with E-state index in [1.54, 1.807) is 0 Å². The maximum atomic E-state index is 6.13.